The molecule has 0 spiro atoms. The number of piperazine rings is 1. The summed E-state index contributed by atoms with van der Waals surface area (Å²) in [6.45, 7) is 7.34. The van der Waals surface area contributed by atoms with Crippen LogP contribution in [0, 0.1) is 13.8 Å². The van der Waals surface area contributed by atoms with E-state index in [0.29, 0.717) is 31.4 Å². The van der Waals surface area contributed by atoms with E-state index >= 15 is 0 Å². The van der Waals surface area contributed by atoms with Gasteiger partial charge >= 0.3 is 6.03 Å². The summed E-state index contributed by atoms with van der Waals surface area (Å²) in [5.41, 5.74) is 2.75. The number of carbonyl (C=O) groups excluding carboxylic acids is 3. The van der Waals surface area contributed by atoms with Crippen molar-refractivity contribution < 1.29 is 14.4 Å². The maximum Gasteiger partial charge on any atom is 0.325 e. The second-order valence-electron chi connectivity index (χ2n) is 7.71. The average Bonchev–Trinajstić information content (AvgIpc) is 3.43. The Morgan fingerprint density at radius 2 is 1.57 bits per heavy atom. The number of nitrogens with zero attached hydrogens (tertiary/aromatic N) is 2. The summed E-state index contributed by atoms with van der Waals surface area (Å²) in [5, 5.41) is 8.08. The molecule has 2 fully saturated rings. The van der Waals surface area contributed by atoms with Crippen molar-refractivity contribution in [1.82, 2.24) is 20.4 Å². The molecule has 0 aromatic heterocycles. The molecule has 1 aliphatic carbocycles. The van der Waals surface area contributed by atoms with Gasteiger partial charge in [-0.2, -0.15) is 0 Å². The van der Waals surface area contributed by atoms with E-state index < -0.39 is 6.03 Å². The van der Waals surface area contributed by atoms with Gasteiger partial charge < -0.3 is 10.6 Å². The molecule has 1 saturated carbocycles. The second kappa shape index (κ2) is 9.16. The number of benzene rings is 1. The van der Waals surface area contributed by atoms with E-state index in [9.17, 15) is 14.4 Å². The number of urea groups is 1. The molecular weight excluding hydrogens is 358 g/mol. The van der Waals surface area contributed by atoms with E-state index in [4.69, 9.17) is 0 Å². The molecule has 1 aromatic carbocycles. The molecule has 0 radical (unpaired) electrons. The van der Waals surface area contributed by atoms with Gasteiger partial charge in [-0.15, -0.1) is 0 Å². The minimum absolute atomic E-state index is 0.0803. The molecular formula is C20H29N5O3. The topological polar surface area (TPSA) is 93.8 Å². The Morgan fingerprint density at radius 3 is 2.14 bits per heavy atom. The first-order valence-corrected chi connectivity index (χ1v) is 9.81. The van der Waals surface area contributed by atoms with Gasteiger partial charge in [-0.3, -0.25) is 24.7 Å². The van der Waals surface area contributed by atoms with E-state index in [1.165, 1.54) is 0 Å². The highest BCUT2D eigenvalue weighted by Gasteiger charge is 2.25. The SMILES string of the molecule is Cc1ccc(NC(=O)NC(=O)CN2CCN(CC(=O)NC3CC3)CC2)c(C)c1. The molecule has 1 heterocycles. The first-order valence-electron chi connectivity index (χ1n) is 9.81. The Hall–Kier alpha value is -2.45. The fourth-order valence-electron chi connectivity index (χ4n) is 3.29. The number of rotatable bonds is 6. The number of anilines is 1. The molecule has 0 atom stereocenters. The summed E-state index contributed by atoms with van der Waals surface area (Å²) in [7, 11) is 0. The molecule has 28 heavy (non-hydrogen) atoms. The number of amides is 4. The van der Waals surface area contributed by atoms with Gasteiger partial charge in [0.05, 0.1) is 13.1 Å². The van der Waals surface area contributed by atoms with E-state index in [1.54, 1.807) is 0 Å². The summed E-state index contributed by atoms with van der Waals surface area (Å²) in [6, 6.07) is 5.57. The lowest BCUT2D eigenvalue weighted by atomic mass is 10.1. The summed E-state index contributed by atoms with van der Waals surface area (Å²) in [4.78, 5) is 40.2. The molecule has 1 aromatic rings. The minimum Gasteiger partial charge on any atom is -0.352 e. The van der Waals surface area contributed by atoms with Crippen LogP contribution in [-0.4, -0.2) is 73.0 Å². The molecule has 8 nitrogen and oxygen atoms in total. The number of hydrogen-bond acceptors (Lipinski definition) is 5. The zero-order valence-corrected chi connectivity index (χ0v) is 16.6. The molecule has 2 aliphatic rings. The average molecular weight is 387 g/mol. The molecule has 4 amide bonds. The van der Waals surface area contributed by atoms with Crippen LogP contribution in [0.25, 0.3) is 0 Å². The van der Waals surface area contributed by atoms with Crippen LogP contribution in [0.1, 0.15) is 24.0 Å². The lowest BCUT2D eigenvalue weighted by molar-refractivity contribution is -0.124. The summed E-state index contributed by atoms with van der Waals surface area (Å²) < 4.78 is 0. The van der Waals surface area contributed by atoms with E-state index in [2.05, 4.69) is 20.9 Å². The highest BCUT2D eigenvalue weighted by molar-refractivity contribution is 6.02. The highest BCUT2D eigenvalue weighted by atomic mass is 16.2. The zero-order chi connectivity index (χ0) is 20.1. The third-order valence-corrected chi connectivity index (χ3v) is 5.02. The van der Waals surface area contributed by atoms with Gasteiger partial charge in [0.25, 0.3) is 0 Å². The predicted molar refractivity (Wildman–Crippen MR) is 107 cm³/mol. The van der Waals surface area contributed by atoms with Crippen molar-refractivity contribution in [2.75, 3.05) is 44.6 Å². The van der Waals surface area contributed by atoms with Crippen LogP contribution in [0.4, 0.5) is 10.5 Å². The molecule has 8 heteroatoms. The van der Waals surface area contributed by atoms with Gasteiger partial charge in [0, 0.05) is 37.9 Å². The van der Waals surface area contributed by atoms with Crippen LogP contribution < -0.4 is 16.0 Å². The van der Waals surface area contributed by atoms with Crippen LogP contribution in [0.2, 0.25) is 0 Å². The molecule has 1 aliphatic heterocycles. The zero-order valence-electron chi connectivity index (χ0n) is 16.6. The van der Waals surface area contributed by atoms with E-state index in [0.717, 1.165) is 37.1 Å². The Balaban J connectivity index is 1.35. The molecule has 3 rings (SSSR count). The second-order valence-corrected chi connectivity index (χ2v) is 7.71. The van der Waals surface area contributed by atoms with Gasteiger partial charge in [0.15, 0.2) is 0 Å². The Morgan fingerprint density at radius 1 is 0.964 bits per heavy atom. The van der Waals surface area contributed by atoms with Crippen molar-refractivity contribution in [3.8, 4) is 0 Å². The Bertz CT molecular complexity index is 739. The number of nitrogens with one attached hydrogen (secondary N) is 3. The van der Waals surface area contributed by atoms with Crippen molar-refractivity contribution in [2.45, 2.75) is 32.7 Å². The van der Waals surface area contributed by atoms with E-state index in [-0.39, 0.29) is 18.4 Å². The van der Waals surface area contributed by atoms with Crippen LogP contribution in [0.5, 0.6) is 0 Å². The first-order chi connectivity index (χ1) is 13.4. The normalized spacial score (nSPS) is 17.8. The third kappa shape index (κ3) is 6.31. The Kier molecular flexibility index (Phi) is 6.64. The predicted octanol–water partition coefficient (Wildman–Crippen LogP) is 0.848. The van der Waals surface area contributed by atoms with Gasteiger partial charge in [-0.25, -0.2) is 4.79 Å². The van der Waals surface area contributed by atoms with Crippen molar-refractivity contribution in [1.29, 1.82) is 0 Å². The molecule has 3 N–H and O–H groups in total. The van der Waals surface area contributed by atoms with Gasteiger partial charge in [0.2, 0.25) is 11.8 Å². The summed E-state index contributed by atoms with van der Waals surface area (Å²) in [6.07, 6.45) is 2.18. The van der Waals surface area contributed by atoms with Gasteiger partial charge in [-0.05, 0) is 38.3 Å². The lowest BCUT2D eigenvalue weighted by Crippen LogP contribution is -2.52. The van der Waals surface area contributed by atoms with Crippen molar-refractivity contribution in [3.05, 3.63) is 29.3 Å². The molecule has 1 saturated heterocycles. The molecule has 152 valence electrons. The Labute approximate surface area is 165 Å². The van der Waals surface area contributed by atoms with E-state index in [1.807, 2.05) is 36.9 Å². The number of hydrogen-bond donors (Lipinski definition) is 3. The number of imide groups is 1. The quantitative estimate of drug-likeness (QED) is 0.673. The fraction of sp³-hybridized carbons (Fsp3) is 0.550. The van der Waals surface area contributed by atoms with Crippen LogP contribution in [0.3, 0.4) is 0 Å². The minimum atomic E-state index is -0.521. The molecule has 0 unspecified atom stereocenters. The number of aryl methyl sites for hydroxylation is 2. The summed E-state index contributed by atoms with van der Waals surface area (Å²) >= 11 is 0. The maximum absolute atomic E-state index is 12.1. The van der Waals surface area contributed by atoms with Gasteiger partial charge in [-0.1, -0.05) is 17.7 Å². The third-order valence-electron chi connectivity index (χ3n) is 5.02. The first kappa shape index (κ1) is 20.3. The van der Waals surface area contributed by atoms with Crippen molar-refractivity contribution >= 4 is 23.5 Å². The van der Waals surface area contributed by atoms with Crippen LogP contribution >= 0.6 is 0 Å². The smallest absolute Gasteiger partial charge is 0.325 e. The van der Waals surface area contributed by atoms with Gasteiger partial charge in [0.1, 0.15) is 0 Å². The number of carbonyl (C=O) groups is 3. The monoisotopic (exact) mass is 387 g/mol. The standard InChI is InChI=1S/C20H29N5O3/c1-14-3-6-17(15(2)11-14)22-20(28)23-19(27)13-25-9-7-24(8-10-25)12-18(26)21-16-4-5-16/h3,6,11,16H,4-5,7-10,12-13H2,1-2H3,(H,21,26)(H2,22,23,27,28). The fourth-order valence-corrected chi connectivity index (χ4v) is 3.29. The largest absolute Gasteiger partial charge is 0.352 e. The maximum atomic E-state index is 12.1. The van der Waals surface area contributed by atoms with Crippen molar-refractivity contribution in [2.24, 2.45) is 0 Å². The molecule has 0 bridgehead atoms. The highest BCUT2D eigenvalue weighted by Crippen LogP contribution is 2.18. The van der Waals surface area contributed by atoms with Crippen LogP contribution in [0.15, 0.2) is 18.2 Å². The lowest BCUT2D eigenvalue weighted by Gasteiger charge is -2.33. The van der Waals surface area contributed by atoms with Crippen molar-refractivity contribution in [3.63, 3.8) is 0 Å². The summed E-state index contributed by atoms with van der Waals surface area (Å²) in [5.74, 6) is -0.251. The van der Waals surface area contributed by atoms with Crippen LogP contribution in [-0.2, 0) is 9.59 Å².